The zero-order chi connectivity index (χ0) is 26.5. The smallest absolute Gasteiger partial charge is 0.309 e. The number of carbonyl (C=O) groups excluding carboxylic acids is 4. The van der Waals surface area contributed by atoms with E-state index in [2.05, 4.69) is 10.4 Å². The Labute approximate surface area is 216 Å². The number of carbonyl (C=O) groups is 4. The zero-order valence-electron chi connectivity index (χ0n) is 21.7. The fraction of sp³-hybridized carbons (Fsp3) is 0.519. The van der Waals surface area contributed by atoms with Gasteiger partial charge in [0.05, 0.1) is 12.5 Å². The molecule has 0 spiro atoms. The normalized spacial score (nSPS) is 17.1. The van der Waals surface area contributed by atoms with Gasteiger partial charge in [-0.05, 0) is 45.6 Å². The molecule has 0 bridgehead atoms. The molecule has 0 aliphatic carbocycles. The number of nitrogens with zero attached hydrogens (tertiary/aromatic N) is 4. The number of rotatable bonds is 7. The summed E-state index contributed by atoms with van der Waals surface area (Å²) in [5.74, 6) is -1.30. The van der Waals surface area contributed by atoms with Crippen molar-refractivity contribution in [2.24, 2.45) is 5.92 Å². The Hall–Kier alpha value is -3.69. The molecule has 2 aliphatic rings. The van der Waals surface area contributed by atoms with Crippen LogP contribution in [-0.2, 0) is 27.4 Å². The van der Waals surface area contributed by atoms with E-state index < -0.39 is 11.9 Å². The Morgan fingerprint density at radius 1 is 1.11 bits per heavy atom. The van der Waals surface area contributed by atoms with E-state index in [0.29, 0.717) is 57.9 Å². The average Bonchev–Trinajstić information content (AvgIpc) is 3.27. The van der Waals surface area contributed by atoms with Gasteiger partial charge in [-0.2, -0.15) is 5.10 Å². The minimum atomic E-state index is -0.762. The molecule has 0 radical (unpaired) electrons. The number of fused-ring (bicyclic) bond motifs is 1. The highest BCUT2D eigenvalue weighted by atomic mass is 16.5. The molecule has 3 heterocycles. The van der Waals surface area contributed by atoms with Crippen LogP contribution in [0.25, 0.3) is 0 Å². The second-order valence-corrected chi connectivity index (χ2v) is 9.75. The Kier molecular flexibility index (Phi) is 8.25. The number of benzene rings is 1. The van der Waals surface area contributed by atoms with Gasteiger partial charge in [0, 0.05) is 38.8 Å². The molecule has 0 saturated carbocycles. The summed E-state index contributed by atoms with van der Waals surface area (Å²) >= 11 is 0. The van der Waals surface area contributed by atoms with Crippen LogP contribution < -0.4 is 5.32 Å². The van der Waals surface area contributed by atoms with Crippen LogP contribution in [0.2, 0.25) is 0 Å². The molecule has 10 nitrogen and oxygen atoms in total. The first kappa shape index (κ1) is 26.4. The second-order valence-electron chi connectivity index (χ2n) is 9.75. The van der Waals surface area contributed by atoms with Gasteiger partial charge in [-0.15, -0.1) is 0 Å². The number of amides is 3. The molecule has 1 fully saturated rings. The lowest BCUT2D eigenvalue weighted by atomic mass is 9.96. The lowest BCUT2D eigenvalue weighted by Crippen LogP contribution is -2.50. The largest absolute Gasteiger partial charge is 0.466 e. The average molecular weight is 510 g/mol. The Morgan fingerprint density at radius 2 is 1.81 bits per heavy atom. The number of hydrogen-bond acceptors (Lipinski definition) is 6. The molecule has 2 aromatic rings. The van der Waals surface area contributed by atoms with E-state index in [9.17, 15) is 19.2 Å². The van der Waals surface area contributed by atoms with Gasteiger partial charge in [-0.25, -0.2) is 0 Å². The van der Waals surface area contributed by atoms with Gasteiger partial charge in [0.2, 0.25) is 5.91 Å². The quantitative estimate of drug-likeness (QED) is 0.572. The van der Waals surface area contributed by atoms with E-state index in [1.165, 1.54) is 6.07 Å². The number of aromatic nitrogens is 2. The van der Waals surface area contributed by atoms with Gasteiger partial charge in [0.25, 0.3) is 11.8 Å². The Balaban J connectivity index is 1.35. The highest BCUT2D eigenvalue weighted by Gasteiger charge is 2.32. The van der Waals surface area contributed by atoms with Crippen molar-refractivity contribution in [2.45, 2.75) is 59.2 Å². The third-order valence-electron chi connectivity index (χ3n) is 6.96. The maximum Gasteiger partial charge on any atom is 0.309 e. The molecule has 10 heteroatoms. The van der Waals surface area contributed by atoms with E-state index in [1.807, 2.05) is 31.2 Å². The number of nitrogens with one attached hydrogen (secondary N) is 1. The van der Waals surface area contributed by atoms with E-state index >= 15 is 0 Å². The van der Waals surface area contributed by atoms with Crippen LogP contribution in [0.1, 0.15) is 65.2 Å². The first-order valence-electron chi connectivity index (χ1n) is 13.0. The predicted molar refractivity (Wildman–Crippen MR) is 136 cm³/mol. The first-order chi connectivity index (χ1) is 17.8. The molecule has 198 valence electrons. The molecule has 0 unspecified atom stereocenters. The summed E-state index contributed by atoms with van der Waals surface area (Å²) in [7, 11) is 0. The summed E-state index contributed by atoms with van der Waals surface area (Å²) in [6, 6.07) is 8.82. The Morgan fingerprint density at radius 3 is 2.49 bits per heavy atom. The van der Waals surface area contributed by atoms with Crippen LogP contribution in [0, 0.1) is 12.8 Å². The maximum absolute atomic E-state index is 13.2. The molecule has 1 aromatic heterocycles. The number of hydrogen-bond donors (Lipinski definition) is 1. The molecule has 1 atom stereocenters. The van der Waals surface area contributed by atoms with Crippen molar-refractivity contribution in [2.75, 3.05) is 26.2 Å². The molecule has 37 heavy (non-hydrogen) atoms. The minimum Gasteiger partial charge on any atom is -0.466 e. The molecule has 1 aromatic carbocycles. The predicted octanol–water partition coefficient (Wildman–Crippen LogP) is 2.16. The summed E-state index contributed by atoms with van der Waals surface area (Å²) < 4.78 is 6.66. The van der Waals surface area contributed by atoms with Gasteiger partial charge in [0.1, 0.15) is 11.7 Å². The van der Waals surface area contributed by atoms with E-state index in [0.717, 1.165) is 17.5 Å². The van der Waals surface area contributed by atoms with Crippen LogP contribution in [-0.4, -0.2) is 75.6 Å². The van der Waals surface area contributed by atoms with E-state index in [-0.39, 0.29) is 29.4 Å². The number of aryl methyl sites for hydroxylation is 2. The first-order valence-corrected chi connectivity index (χ1v) is 13.0. The summed E-state index contributed by atoms with van der Waals surface area (Å²) in [4.78, 5) is 54.5. The van der Waals surface area contributed by atoms with Crippen molar-refractivity contribution in [3.05, 3.63) is 52.8 Å². The lowest BCUT2D eigenvalue weighted by Gasteiger charge is -2.32. The molecular weight excluding hydrogens is 474 g/mol. The van der Waals surface area contributed by atoms with Gasteiger partial charge >= 0.3 is 5.97 Å². The number of ether oxygens (including phenoxy) is 1. The van der Waals surface area contributed by atoms with Gasteiger partial charge in [-0.3, -0.25) is 23.9 Å². The second kappa shape index (κ2) is 11.6. The molecule has 1 saturated heterocycles. The number of likely N-dealkylation sites (tertiary alicyclic amines) is 1. The van der Waals surface area contributed by atoms with Crippen molar-refractivity contribution in [3.63, 3.8) is 0 Å². The minimum absolute atomic E-state index is 0.112. The topological polar surface area (TPSA) is 114 Å². The van der Waals surface area contributed by atoms with Gasteiger partial charge < -0.3 is 19.9 Å². The number of esters is 1. The maximum atomic E-state index is 13.2. The van der Waals surface area contributed by atoms with Crippen LogP contribution in [0.15, 0.2) is 30.3 Å². The third kappa shape index (κ3) is 6.18. The molecule has 1 N–H and O–H groups in total. The van der Waals surface area contributed by atoms with Crippen LogP contribution >= 0.6 is 0 Å². The van der Waals surface area contributed by atoms with Crippen molar-refractivity contribution >= 4 is 23.7 Å². The van der Waals surface area contributed by atoms with Crippen LogP contribution in [0.3, 0.4) is 0 Å². The summed E-state index contributed by atoms with van der Waals surface area (Å²) in [6.07, 6.45) is 1.81. The van der Waals surface area contributed by atoms with Crippen LogP contribution in [0.4, 0.5) is 0 Å². The molecule has 3 amide bonds. The molecule has 4 rings (SSSR count). The van der Waals surface area contributed by atoms with Crippen molar-refractivity contribution in [1.29, 1.82) is 0 Å². The highest BCUT2D eigenvalue weighted by molar-refractivity contribution is 5.99. The summed E-state index contributed by atoms with van der Waals surface area (Å²) in [6.45, 7) is 8.27. The van der Waals surface area contributed by atoms with E-state index in [1.54, 1.807) is 28.3 Å². The zero-order valence-corrected chi connectivity index (χ0v) is 21.7. The fourth-order valence-electron chi connectivity index (χ4n) is 4.81. The highest BCUT2D eigenvalue weighted by Crippen LogP contribution is 2.20. The van der Waals surface area contributed by atoms with Crippen LogP contribution in [0.5, 0.6) is 0 Å². The van der Waals surface area contributed by atoms with E-state index in [4.69, 9.17) is 4.74 Å². The van der Waals surface area contributed by atoms with Crippen molar-refractivity contribution < 1.29 is 23.9 Å². The molecule has 2 aliphatic heterocycles. The number of piperidine rings is 1. The standard InChI is InChI=1S/C27H35N5O5/c1-4-37-27(36)21-10-14-30(15-11-21)25(34)19(3)28-24(33)22-16-23-26(35)31(12-5-13-32(23)29-22)17-20-8-6-18(2)7-9-20/h6-9,16,19,21H,4-5,10-15,17H2,1-3H3,(H,28,33)/t19-/m1/s1. The Bertz CT molecular complexity index is 1150. The SMILES string of the molecule is CCOC(=O)C1CCN(C(=O)[C@@H](C)NC(=O)c2cc3n(n2)CCCN(Cc2ccc(C)cc2)C3=O)CC1. The van der Waals surface area contributed by atoms with Gasteiger partial charge in [0.15, 0.2) is 5.69 Å². The lowest BCUT2D eigenvalue weighted by molar-refractivity contribution is -0.151. The fourth-order valence-corrected chi connectivity index (χ4v) is 4.81. The third-order valence-corrected chi connectivity index (χ3v) is 6.96. The van der Waals surface area contributed by atoms with Gasteiger partial charge in [-0.1, -0.05) is 29.8 Å². The van der Waals surface area contributed by atoms with Crippen molar-refractivity contribution in [3.8, 4) is 0 Å². The monoisotopic (exact) mass is 509 g/mol. The molecular formula is C27H35N5O5. The summed E-state index contributed by atoms with van der Waals surface area (Å²) in [5.41, 5.74) is 2.69. The van der Waals surface area contributed by atoms with Crippen molar-refractivity contribution in [1.82, 2.24) is 24.9 Å². The summed E-state index contributed by atoms with van der Waals surface area (Å²) in [5, 5.41) is 7.09.